The Labute approximate surface area is 94.0 Å². The Morgan fingerprint density at radius 1 is 1.33 bits per heavy atom. The molecule has 1 aromatic carbocycles. The maximum atomic E-state index is 10.7. The molecule has 0 N–H and O–H groups in total. The van der Waals surface area contributed by atoms with E-state index in [1.807, 2.05) is 18.2 Å². The minimum absolute atomic E-state index is 0. The smallest absolute Gasteiger partial charge is 0.623 e. The van der Waals surface area contributed by atoms with Gasteiger partial charge in [0.05, 0.1) is 5.91 Å². The molecule has 0 aliphatic carbocycles. The standard InChI is InChI=1S/C9H9NO.Na/c1-2-9(11)10-8-6-4-3-5-7-8;/h2-7H,1H2,(H,10,11);/q;+1/p-1. The van der Waals surface area contributed by atoms with Crippen LogP contribution in [0.3, 0.4) is 0 Å². The molecule has 0 aliphatic heterocycles. The van der Waals surface area contributed by atoms with Crippen molar-refractivity contribution in [1.29, 1.82) is 0 Å². The first-order chi connectivity index (χ1) is 5.33. The van der Waals surface area contributed by atoms with Crippen molar-refractivity contribution in [2.75, 3.05) is 0 Å². The monoisotopic (exact) mass is 169 g/mol. The summed E-state index contributed by atoms with van der Waals surface area (Å²) in [5.41, 5.74) is 0.664. The molecule has 0 heterocycles. The maximum absolute atomic E-state index is 10.7. The van der Waals surface area contributed by atoms with Crippen LogP contribution in [0.25, 0.3) is 5.32 Å². The zero-order valence-electron chi connectivity index (χ0n) is 7.03. The van der Waals surface area contributed by atoms with Gasteiger partial charge in [-0.05, 0) is 6.08 Å². The van der Waals surface area contributed by atoms with Gasteiger partial charge in [0.2, 0.25) is 0 Å². The Kier molecular flexibility index (Phi) is 5.72. The minimum atomic E-state index is -0.309. The molecule has 0 saturated heterocycles. The second-order valence-corrected chi connectivity index (χ2v) is 1.99. The van der Waals surface area contributed by atoms with Crippen molar-refractivity contribution in [1.82, 2.24) is 0 Å². The van der Waals surface area contributed by atoms with Gasteiger partial charge in [-0.2, -0.15) is 0 Å². The summed E-state index contributed by atoms with van der Waals surface area (Å²) in [7, 11) is 0. The number of nitrogens with zero attached hydrogens (tertiary/aromatic N) is 1. The molecule has 56 valence electrons. The predicted molar refractivity (Wildman–Crippen MR) is 44.7 cm³/mol. The third-order valence-corrected chi connectivity index (χ3v) is 1.17. The number of benzene rings is 1. The quantitative estimate of drug-likeness (QED) is 0.430. The summed E-state index contributed by atoms with van der Waals surface area (Å²) in [6.45, 7) is 3.31. The van der Waals surface area contributed by atoms with Gasteiger partial charge < -0.3 is 10.1 Å². The molecule has 0 aromatic heterocycles. The Morgan fingerprint density at radius 2 is 1.92 bits per heavy atom. The van der Waals surface area contributed by atoms with Crippen LogP contribution in [0.15, 0.2) is 43.0 Å². The van der Waals surface area contributed by atoms with E-state index in [0.717, 1.165) is 0 Å². The summed E-state index contributed by atoms with van der Waals surface area (Å²) in [4.78, 5) is 10.7. The van der Waals surface area contributed by atoms with Crippen LogP contribution in [0.4, 0.5) is 5.69 Å². The van der Waals surface area contributed by atoms with Crippen LogP contribution in [0, 0.1) is 0 Å². The van der Waals surface area contributed by atoms with Crippen molar-refractivity contribution >= 4 is 11.6 Å². The van der Waals surface area contributed by atoms with Crippen LogP contribution in [0.1, 0.15) is 0 Å². The van der Waals surface area contributed by atoms with Gasteiger partial charge in [0, 0.05) is 0 Å². The molecule has 0 bridgehead atoms. The molecule has 0 atom stereocenters. The van der Waals surface area contributed by atoms with Crippen molar-refractivity contribution in [3.05, 3.63) is 48.3 Å². The molecule has 1 rings (SSSR count). The summed E-state index contributed by atoms with van der Waals surface area (Å²) >= 11 is 0. The second-order valence-electron chi connectivity index (χ2n) is 1.99. The fraction of sp³-hybridized carbons (Fsp3) is 0. The zero-order chi connectivity index (χ0) is 8.10. The molecule has 0 unspecified atom stereocenters. The van der Waals surface area contributed by atoms with Gasteiger partial charge >= 0.3 is 29.6 Å². The van der Waals surface area contributed by atoms with Gasteiger partial charge in [0.1, 0.15) is 0 Å². The van der Waals surface area contributed by atoms with E-state index < -0.39 is 0 Å². The predicted octanol–water partition coefficient (Wildman–Crippen LogP) is -0.592. The van der Waals surface area contributed by atoms with E-state index >= 15 is 0 Å². The molecule has 0 aliphatic rings. The Hall–Kier alpha value is -0.570. The molecular formula is C9H8NNaO. The van der Waals surface area contributed by atoms with E-state index in [2.05, 4.69) is 11.9 Å². The number of hydrogen-bond donors (Lipinski definition) is 0. The maximum Gasteiger partial charge on any atom is 1.00 e. The number of carbonyl (C=O) groups excluding carboxylic acids is 1. The van der Waals surface area contributed by atoms with Crippen molar-refractivity contribution in [2.45, 2.75) is 0 Å². The molecule has 0 fully saturated rings. The Balaban J connectivity index is 0.00000121. The molecule has 1 amide bonds. The van der Waals surface area contributed by atoms with Gasteiger partial charge in [-0.3, -0.25) is 0 Å². The van der Waals surface area contributed by atoms with Gasteiger partial charge in [-0.25, -0.2) is 0 Å². The fourth-order valence-corrected chi connectivity index (χ4v) is 0.675. The van der Waals surface area contributed by atoms with E-state index in [1.54, 1.807) is 12.1 Å². The average Bonchev–Trinajstić information content (AvgIpc) is 2.06. The fourth-order valence-electron chi connectivity index (χ4n) is 0.675. The van der Waals surface area contributed by atoms with Gasteiger partial charge in [-0.15, -0.1) is 5.69 Å². The number of carbonyl (C=O) groups is 1. The largest absolute Gasteiger partial charge is 1.00 e. The van der Waals surface area contributed by atoms with Crippen LogP contribution >= 0.6 is 0 Å². The topological polar surface area (TPSA) is 31.2 Å². The van der Waals surface area contributed by atoms with E-state index in [0.29, 0.717) is 5.69 Å². The summed E-state index contributed by atoms with van der Waals surface area (Å²) in [6.07, 6.45) is 1.19. The Morgan fingerprint density at radius 3 is 2.42 bits per heavy atom. The number of para-hydroxylation sites is 1. The van der Waals surface area contributed by atoms with Gasteiger partial charge in [0.25, 0.3) is 0 Å². The number of hydrogen-bond acceptors (Lipinski definition) is 1. The van der Waals surface area contributed by atoms with Crippen LogP contribution in [-0.4, -0.2) is 5.91 Å². The molecule has 2 nitrogen and oxygen atoms in total. The van der Waals surface area contributed by atoms with Crippen molar-refractivity contribution in [3.63, 3.8) is 0 Å². The van der Waals surface area contributed by atoms with E-state index in [9.17, 15) is 4.79 Å². The van der Waals surface area contributed by atoms with Crippen LogP contribution in [0.2, 0.25) is 0 Å². The van der Waals surface area contributed by atoms with Crippen LogP contribution in [0.5, 0.6) is 0 Å². The molecular weight excluding hydrogens is 161 g/mol. The van der Waals surface area contributed by atoms with Crippen molar-refractivity contribution in [3.8, 4) is 0 Å². The van der Waals surface area contributed by atoms with E-state index in [4.69, 9.17) is 0 Å². The third-order valence-electron chi connectivity index (χ3n) is 1.17. The first-order valence-electron chi connectivity index (χ1n) is 3.26. The third kappa shape index (κ3) is 3.72. The van der Waals surface area contributed by atoms with Gasteiger partial charge in [0.15, 0.2) is 0 Å². The number of amides is 1. The van der Waals surface area contributed by atoms with E-state index in [1.165, 1.54) is 6.08 Å². The molecule has 1 aromatic rings. The number of rotatable bonds is 2. The minimum Gasteiger partial charge on any atom is -0.623 e. The van der Waals surface area contributed by atoms with Crippen LogP contribution in [-0.2, 0) is 4.79 Å². The molecule has 0 radical (unpaired) electrons. The SMILES string of the molecule is C=CC(=O)[N-]c1ccccc1.[Na+]. The van der Waals surface area contributed by atoms with Gasteiger partial charge in [-0.1, -0.05) is 36.9 Å². The van der Waals surface area contributed by atoms with Crippen LogP contribution < -0.4 is 29.6 Å². The normalized spacial score (nSPS) is 8.00. The van der Waals surface area contributed by atoms with Crippen molar-refractivity contribution < 1.29 is 34.4 Å². The first-order valence-corrected chi connectivity index (χ1v) is 3.26. The molecule has 0 spiro atoms. The molecule has 3 heteroatoms. The molecule has 0 saturated carbocycles. The summed E-state index contributed by atoms with van der Waals surface area (Å²) in [6, 6.07) is 9.06. The van der Waals surface area contributed by atoms with Crippen molar-refractivity contribution in [2.24, 2.45) is 0 Å². The van der Waals surface area contributed by atoms with E-state index in [-0.39, 0.29) is 35.5 Å². The summed E-state index contributed by atoms with van der Waals surface area (Å²) in [5.74, 6) is -0.309. The zero-order valence-corrected chi connectivity index (χ0v) is 9.03. The average molecular weight is 169 g/mol. The Bertz CT molecular complexity index is 258. The molecule has 12 heavy (non-hydrogen) atoms. The first kappa shape index (κ1) is 11.4. The second kappa shape index (κ2) is 6.00. The summed E-state index contributed by atoms with van der Waals surface area (Å²) in [5, 5.41) is 3.72. The summed E-state index contributed by atoms with van der Waals surface area (Å²) < 4.78 is 0.